The van der Waals surface area contributed by atoms with Crippen molar-refractivity contribution in [2.75, 3.05) is 12.8 Å². The average molecular weight is 299 g/mol. The zero-order valence-corrected chi connectivity index (χ0v) is 11.2. The first-order valence-electron chi connectivity index (χ1n) is 5.09. The summed E-state index contributed by atoms with van der Waals surface area (Å²) in [6.45, 7) is 1.77. The van der Waals surface area contributed by atoms with Gasteiger partial charge in [-0.3, -0.25) is 9.67 Å². The minimum atomic E-state index is 0.821. The standard InChI is InChI=1S/C10H11BrN4S/c1-16-10-12-5-6-2-3-15-7(9(6)13-10)4-8(11)14-15/h4H,2-3,5H2,1H3,(H,12,13). The number of hydrogen-bond acceptors (Lipinski definition) is 4. The van der Waals surface area contributed by atoms with Crippen molar-refractivity contribution >= 4 is 38.6 Å². The molecule has 2 aliphatic heterocycles. The molecule has 6 heteroatoms. The maximum atomic E-state index is 4.48. The van der Waals surface area contributed by atoms with E-state index in [1.165, 1.54) is 11.3 Å². The van der Waals surface area contributed by atoms with Crippen LogP contribution in [0.15, 0.2) is 21.2 Å². The quantitative estimate of drug-likeness (QED) is 0.797. The summed E-state index contributed by atoms with van der Waals surface area (Å²) >= 11 is 5.07. The third kappa shape index (κ3) is 1.60. The lowest BCUT2D eigenvalue weighted by Gasteiger charge is -2.25. The van der Waals surface area contributed by atoms with E-state index in [-0.39, 0.29) is 0 Å². The Balaban J connectivity index is 2.02. The summed E-state index contributed by atoms with van der Waals surface area (Å²) < 4.78 is 2.94. The van der Waals surface area contributed by atoms with Crippen molar-refractivity contribution in [2.24, 2.45) is 4.99 Å². The summed E-state index contributed by atoms with van der Waals surface area (Å²) in [6.07, 6.45) is 3.07. The van der Waals surface area contributed by atoms with Gasteiger partial charge in [0.2, 0.25) is 0 Å². The van der Waals surface area contributed by atoms with Crippen molar-refractivity contribution in [3.05, 3.63) is 21.9 Å². The summed E-state index contributed by atoms with van der Waals surface area (Å²) in [5.41, 5.74) is 3.75. The second-order valence-electron chi connectivity index (χ2n) is 3.75. The largest absolute Gasteiger partial charge is 0.333 e. The van der Waals surface area contributed by atoms with Crippen molar-refractivity contribution < 1.29 is 0 Å². The fourth-order valence-corrected chi connectivity index (χ4v) is 2.85. The first kappa shape index (κ1) is 10.4. The van der Waals surface area contributed by atoms with Crippen LogP contribution in [0.5, 0.6) is 0 Å². The molecule has 0 atom stereocenters. The van der Waals surface area contributed by atoms with E-state index >= 15 is 0 Å². The van der Waals surface area contributed by atoms with Crippen LogP contribution in [0.25, 0.3) is 5.70 Å². The minimum absolute atomic E-state index is 0.821. The molecule has 0 radical (unpaired) electrons. The van der Waals surface area contributed by atoms with Crippen molar-refractivity contribution in [1.82, 2.24) is 15.1 Å². The Morgan fingerprint density at radius 1 is 1.56 bits per heavy atom. The molecule has 0 amide bonds. The molecule has 3 heterocycles. The molecule has 0 aromatic carbocycles. The van der Waals surface area contributed by atoms with E-state index < -0.39 is 0 Å². The monoisotopic (exact) mass is 298 g/mol. The Hall–Kier alpha value is -0.750. The molecule has 0 saturated heterocycles. The smallest absolute Gasteiger partial charge is 0.161 e. The highest BCUT2D eigenvalue weighted by Gasteiger charge is 2.23. The van der Waals surface area contributed by atoms with Crippen LogP contribution >= 0.6 is 27.7 Å². The summed E-state index contributed by atoms with van der Waals surface area (Å²) in [7, 11) is 0. The van der Waals surface area contributed by atoms with Crippen LogP contribution < -0.4 is 5.32 Å². The first-order chi connectivity index (χ1) is 7.78. The average Bonchev–Trinajstić information content (AvgIpc) is 2.69. The molecule has 16 heavy (non-hydrogen) atoms. The van der Waals surface area contributed by atoms with E-state index in [0.717, 1.165) is 35.0 Å². The lowest BCUT2D eigenvalue weighted by molar-refractivity contribution is 0.579. The molecular formula is C10H11BrN4S. The maximum Gasteiger partial charge on any atom is 0.161 e. The van der Waals surface area contributed by atoms with E-state index in [2.05, 4.69) is 37.4 Å². The topological polar surface area (TPSA) is 42.2 Å². The van der Waals surface area contributed by atoms with Crippen LogP contribution in [0.1, 0.15) is 12.1 Å². The first-order valence-corrected chi connectivity index (χ1v) is 7.11. The normalized spacial score (nSPS) is 18.8. The van der Waals surface area contributed by atoms with Gasteiger partial charge in [0.25, 0.3) is 0 Å². The molecule has 0 saturated carbocycles. The number of hydrogen-bond donors (Lipinski definition) is 1. The molecule has 0 bridgehead atoms. The summed E-state index contributed by atoms with van der Waals surface area (Å²) in [5.74, 6) is 0. The van der Waals surface area contributed by atoms with E-state index in [1.54, 1.807) is 11.8 Å². The SMILES string of the molecule is CSC1=NCC2=C(N1)c1cc(Br)nn1CC2. The van der Waals surface area contributed by atoms with Crippen LogP contribution in [0.4, 0.5) is 0 Å². The van der Waals surface area contributed by atoms with Crippen molar-refractivity contribution in [3.63, 3.8) is 0 Å². The summed E-state index contributed by atoms with van der Waals surface area (Å²) in [4.78, 5) is 4.48. The molecular weight excluding hydrogens is 288 g/mol. The lowest BCUT2D eigenvalue weighted by atomic mass is 10.0. The Kier molecular flexibility index (Phi) is 2.55. The molecule has 0 spiro atoms. The van der Waals surface area contributed by atoms with Crippen molar-refractivity contribution in [1.29, 1.82) is 0 Å². The van der Waals surface area contributed by atoms with Gasteiger partial charge in [0.05, 0.1) is 17.9 Å². The fourth-order valence-electron chi connectivity index (χ4n) is 2.04. The molecule has 3 rings (SSSR count). The number of aliphatic imine (C=N–C) groups is 1. The summed E-state index contributed by atoms with van der Waals surface area (Å²) in [5, 5.41) is 8.78. The van der Waals surface area contributed by atoms with Gasteiger partial charge in [0.15, 0.2) is 5.17 Å². The van der Waals surface area contributed by atoms with Crippen molar-refractivity contribution in [3.8, 4) is 0 Å². The highest BCUT2D eigenvalue weighted by molar-refractivity contribution is 9.10. The van der Waals surface area contributed by atoms with Gasteiger partial charge in [-0.1, -0.05) is 11.8 Å². The minimum Gasteiger partial charge on any atom is -0.333 e. The van der Waals surface area contributed by atoms with Gasteiger partial charge in [-0.05, 0) is 34.2 Å². The van der Waals surface area contributed by atoms with Crippen LogP contribution in [-0.4, -0.2) is 27.7 Å². The van der Waals surface area contributed by atoms with Gasteiger partial charge >= 0.3 is 0 Å². The third-order valence-corrected chi connectivity index (χ3v) is 3.83. The molecule has 0 aliphatic carbocycles. The van der Waals surface area contributed by atoms with Crippen LogP contribution in [-0.2, 0) is 6.54 Å². The van der Waals surface area contributed by atoms with Gasteiger partial charge in [0.1, 0.15) is 4.60 Å². The maximum absolute atomic E-state index is 4.48. The Morgan fingerprint density at radius 2 is 2.44 bits per heavy atom. The number of aromatic nitrogens is 2. The number of aryl methyl sites for hydroxylation is 1. The number of fused-ring (bicyclic) bond motifs is 2. The molecule has 1 aromatic rings. The molecule has 0 fully saturated rings. The van der Waals surface area contributed by atoms with E-state index in [4.69, 9.17) is 0 Å². The van der Waals surface area contributed by atoms with Gasteiger partial charge in [0, 0.05) is 12.6 Å². The predicted molar refractivity (Wildman–Crippen MR) is 70.4 cm³/mol. The Bertz CT molecular complexity index is 503. The summed E-state index contributed by atoms with van der Waals surface area (Å²) in [6, 6.07) is 2.06. The second-order valence-corrected chi connectivity index (χ2v) is 5.36. The lowest BCUT2D eigenvalue weighted by Crippen LogP contribution is -2.29. The van der Waals surface area contributed by atoms with Gasteiger partial charge < -0.3 is 5.32 Å². The molecule has 84 valence electrons. The Morgan fingerprint density at radius 3 is 3.25 bits per heavy atom. The number of thioether (sulfide) groups is 1. The fraction of sp³-hybridized carbons (Fsp3) is 0.400. The zero-order valence-electron chi connectivity index (χ0n) is 8.83. The van der Waals surface area contributed by atoms with Crippen molar-refractivity contribution in [2.45, 2.75) is 13.0 Å². The van der Waals surface area contributed by atoms with E-state index in [1.807, 2.05) is 10.9 Å². The van der Waals surface area contributed by atoms with Gasteiger partial charge in [-0.15, -0.1) is 0 Å². The third-order valence-electron chi connectivity index (χ3n) is 2.82. The number of halogens is 1. The van der Waals surface area contributed by atoms with Gasteiger partial charge in [-0.2, -0.15) is 5.10 Å². The molecule has 0 unspecified atom stereocenters. The van der Waals surface area contributed by atoms with E-state index in [0.29, 0.717) is 0 Å². The van der Waals surface area contributed by atoms with Crippen LogP contribution in [0, 0.1) is 0 Å². The zero-order chi connectivity index (χ0) is 11.1. The molecule has 1 aromatic heterocycles. The van der Waals surface area contributed by atoms with Crippen LogP contribution in [0.3, 0.4) is 0 Å². The van der Waals surface area contributed by atoms with E-state index in [9.17, 15) is 0 Å². The number of nitrogens with one attached hydrogen (secondary N) is 1. The molecule has 2 aliphatic rings. The highest BCUT2D eigenvalue weighted by Crippen LogP contribution is 2.29. The molecule has 1 N–H and O–H groups in total. The number of rotatable bonds is 0. The van der Waals surface area contributed by atoms with Gasteiger partial charge in [-0.25, -0.2) is 0 Å². The highest BCUT2D eigenvalue weighted by atomic mass is 79.9. The second kappa shape index (κ2) is 3.92. The number of nitrogens with zero attached hydrogens (tertiary/aromatic N) is 3. The molecule has 4 nitrogen and oxygen atoms in total. The predicted octanol–water partition coefficient (Wildman–Crippen LogP) is 2.08. The van der Waals surface area contributed by atoms with Crippen LogP contribution in [0.2, 0.25) is 0 Å². The Labute approximate surface area is 106 Å². The number of amidine groups is 1.